The lowest BCUT2D eigenvalue weighted by molar-refractivity contribution is -0.145. The maximum atomic E-state index is 12.7. The number of ether oxygens (including phenoxy) is 1. The maximum Gasteiger partial charge on any atom is 0.319 e. The summed E-state index contributed by atoms with van der Waals surface area (Å²) in [6.07, 6.45) is 2.79. The number of urea groups is 1. The Labute approximate surface area is 155 Å². The number of likely N-dealkylation sites (tertiary alicyclic amines) is 2. The van der Waals surface area contributed by atoms with E-state index >= 15 is 0 Å². The number of carbonyl (C=O) groups excluding carboxylic acids is 2. The number of benzene rings is 1. The fourth-order valence-corrected chi connectivity index (χ4v) is 3.62. The van der Waals surface area contributed by atoms with Crippen molar-refractivity contribution in [2.75, 3.05) is 40.3 Å². The highest BCUT2D eigenvalue weighted by atomic mass is 16.5. The smallest absolute Gasteiger partial charge is 0.319 e. The van der Waals surface area contributed by atoms with Crippen LogP contribution in [-0.2, 0) is 11.2 Å². The van der Waals surface area contributed by atoms with Crippen molar-refractivity contribution in [3.8, 4) is 5.75 Å². The molecule has 0 spiro atoms. The van der Waals surface area contributed by atoms with Gasteiger partial charge in [0.2, 0.25) is 5.91 Å². The van der Waals surface area contributed by atoms with Crippen LogP contribution in [0.25, 0.3) is 0 Å². The zero-order valence-electron chi connectivity index (χ0n) is 16.0. The summed E-state index contributed by atoms with van der Waals surface area (Å²) < 4.78 is 5.99. The van der Waals surface area contributed by atoms with Crippen LogP contribution in [0.1, 0.15) is 25.3 Å². The first kappa shape index (κ1) is 18.5. The van der Waals surface area contributed by atoms with E-state index < -0.39 is 0 Å². The fraction of sp³-hybridized carbons (Fsp3) is 0.600. The molecule has 3 amide bonds. The van der Waals surface area contributed by atoms with Gasteiger partial charge in [-0.25, -0.2) is 4.79 Å². The molecular weight excluding hydrogens is 330 g/mol. The molecule has 6 heteroatoms. The highest BCUT2D eigenvalue weighted by molar-refractivity contribution is 5.81. The number of nitrogens with zero attached hydrogens (tertiary/aromatic N) is 3. The van der Waals surface area contributed by atoms with E-state index in [2.05, 4.69) is 19.1 Å². The van der Waals surface area contributed by atoms with Crippen molar-refractivity contribution < 1.29 is 14.3 Å². The van der Waals surface area contributed by atoms with Gasteiger partial charge in [-0.15, -0.1) is 0 Å². The second-order valence-corrected chi connectivity index (χ2v) is 7.45. The molecule has 1 aromatic rings. The highest BCUT2D eigenvalue weighted by Gasteiger charge is 2.38. The highest BCUT2D eigenvalue weighted by Crippen LogP contribution is 2.24. The van der Waals surface area contributed by atoms with Crippen molar-refractivity contribution in [1.82, 2.24) is 14.7 Å². The predicted molar refractivity (Wildman–Crippen MR) is 100 cm³/mol. The number of carbonyl (C=O) groups is 2. The molecule has 2 fully saturated rings. The largest absolute Gasteiger partial charge is 0.487 e. The van der Waals surface area contributed by atoms with Crippen molar-refractivity contribution in [2.24, 2.45) is 5.92 Å². The molecule has 26 heavy (non-hydrogen) atoms. The summed E-state index contributed by atoms with van der Waals surface area (Å²) in [7, 11) is 3.50. The van der Waals surface area contributed by atoms with Crippen LogP contribution < -0.4 is 4.74 Å². The molecule has 2 saturated heterocycles. The lowest BCUT2D eigenvalue weighted by Crippen LogP contribution is -2.59. The van der Waals surface area contributed by atoms with E-state index in [1.807, 2.05) is 17.0 Å². The Kier molecular flexibility index (Phi) is 5.69. The predicted octanol–water partition coefficient (Wildman–Crippen LogP) is 2.23. The summed E-state index contributed by atoms with van der Waals surface area (Å²) in [4.78, 5) is 30.1. The maximum absolute atomic E-state index is 12.7. The summed E-state index contributed by atoms with van der Waals surface area (Å²) in [5.74, 6) is 0.947. The van der Waals surface area contributed by atoms with Gasteiger partial charge in [-0.2, -0.15) is 0 Å². The Bertz CT molecular complexity index is 655. The van der Waals surface area contributed by atoms with Crippen LogP contribution in [-0.4, -0.2) is 73.0 Å². The number of amides is 3. The summed E-state index contributed by atoms with van der Waals surface area (Å²) >= 11 is 0. The molecule has 0 aliphatic carbocycles. The third kappa shape index (κ3) is 4.11. The molecular formula is C20H29N3O3. The quantitative estimate of drug-likeness (QED) is 0.828. The molecule has 1 atom stereocenters. The van der Waals surface area contributed by atoms with Crippen molar-refractivity contribution in [3.05, 3.63) is 29.8 Å². The van der Waals surface area contributed by atoms with Gasteiger partial charge in [-0.3, -0.25) is 4.79 Å². The van der Waals surface area contributed by atoms with Crippen LogP contribution in [0.15, 0.2) is 24.3 Å². The monoisotopic (exact) mass is 359 g/mol. The standard InChI is InChI=1S/C20H29N3O3/c1-4-15-7-5-9-17(11-15)26-18-13-23(14-18)19(24)16-8-6-10-22(12-16)20(25)21(2)3/h5,7,9,11,16,18H,4,6,8,10,12-14H2,1-3H3/t16-/m1/s1. The van der Waals surface area contributed by atoms with Crippen LogP contribution in [0.4, 0.5) is 4.79 Å². The third-order valence-electron chi connectivity index (χ3n) is 5.19. The Morgan fingerprint density at radius 3 is 2.65 bits per heavy atom. The molecule has 6 nitrogen and oxygen atoms in total. The van der Waals surface area contributed by atoms with Crippen molar-refractivity contribution in [2.45, 2.75) is 32.3 Å². The number of hydrogen-bond donors (Lipinski definition) is 0. The summed E-state index contributed by atoms with van der Waals surface area (Å²) in [6, 6.07) is 8.12. The van der Waals surface area contributed by atoms with Gasteiger partial charge in [0.1, 0.15) is 11.9 Å². The fourth-order valence-electron chi connectivity index (χ4n) is 3.62. The minimum Gasteiger partial charge on any atom is -0.487 e. The molecule has 0 N–H and O–H groups in total. The van der Waals surface area contributed by atoms with Gasteiger partial charge in [0, 0.05) is 27.2 Å². The molecule has 0 unspecified atom stereocenters. The molecule has 2 heterocycles. The summed E-state index contributed by atoms with van der Waals surface area (Å²) in [5, 5.41) is 0. The van der Waals surface area contributed by atoms with E-state index in [0.29, 0.717) is 19.6 Å². The second kappa shape index (κ2) is 7.98. The molecule has 0 saturated carbocycles. The van der Waals surface area contributed by atoms with Crippen LogP contribution in [0.3, 0.4) is 0 Å². The van der Waals surface area contributed by atoms with E-state index in [-0.39, 0.29) is 24.0 Å². The van der Waals surface area contributed by atoms with Gasteiger partial charge in [-0.05, 0) is 37.0 Å². The van der Waals surface area contributed by atoms with Crippen LogP contribution in [0.5, 0.6) is 5.75 Å². The average Bonchev–Trinajstić information content (AvgIpc) is 2.63. The molecule has 1 aromatic carbocycles. The number of rotatable bonds is 4. The molecule has 2 aliphatic rings. The number of hydrogen-bond acceptors (Lipinski definition) is 3. The average molecular weight is 359 g/mol. The summed E-state index contributed by atoms with van der Waals surface area (Å²) in [5.41, 5.74) is 1.25. The zero-order chi connectivity index (χ0) is 18.7. The first-order valence-corrected chi connectivity index (χ1v) is 9.48. The topological polar surface area (TPSA) is 53.1 Å². The normalized spacial score (nSPS) is 20.5. The molecule has 0 bridgehead atoms. The number of aryl methyl sites for hydroxylation is 1. The minimum atomic E-state index is -0.0861. The van der Waals surface area contributed by atoms with Crippen LogP contribution in [0.2, 0.25) is 0 Å². The molecule has 0 aromatic heterocycles. The summed E-state index contributed by atoms with van der Waals surface area (Å²) in [6.45, 7) is 4.65. The first-order chi connectivity index (χ1) is 12.5. The Hall–Kier alpha value is -2.24. The van der Waals surface area contributed by atoms with Crippen molar-refractivity contribution in [3.63, 3.8) is 0 Å². The zero-order valence-corrected chi connectivity index (χ0v) is 16.0. The van der Waals surface area contributed by atoms with Crippen molar-refractivity contribution >= 4 is 11.9 Å². The molecule has 0 radical (unpaired) electrons. The Morgan fingerprint density at radius 2 is 1.96 bits per heavy atom. The minimum absolute atomic E-state index is 0.0110. The van der Waals surface area contributed by atoms with Gasteiger partial charge in [-0.1, -0.05) is 19.1 Å². The van der Waals surface area contributed by atoms with Gasteiger partial charge < -0.3 is 19.4 Å². The Morgan fingerprint density at radius 1 is 1.19 bits per heavy atom. The van der Waals surface area contributed by atoms with Crippen LogP contribution >= 0.6 is 0 Å². The van der Waals surface area contributed by atoms with E-state index in [0.717, 1.165) is 31.6 Å². The number of piperidine rings is 1. The van der Waals surface area contributed by atoms with E-state index in [1.54, 1.807) is 23.9 Å². The molecule has 3 rings (SSSR count). The second-order valence-electron chi connectivity index (χ2n) is 7.45. The van der Waals surface area contributed by atoms with Gasteiger partial charge in [0.15, 0.2) is 0 Å². The van der Waals surface area contributed by atoms with Crippen LogP contribution in [0, 0.1) is 5.92 Å². The molecule has 142 valence electrons. The van der Waals surface area contributed by atoms with Gasteiger partial charge >= 0.3 is 6.03 Å². The Balaban J connectivity index is 1.49. The van der Waals surface area contributed by atoms with E-state index in [4.69, 9.17) is 4.74 Å². The third-order valence-corrected chi connectivity index (χ3v) is 5.19. The lowest BCUT2D eigenvalue weighted by atomic mass is 9.95. The van der Waals surface area contributed by atoms with Crippen molar-refractivity contribution in [1.29, 1.82) is 0 Å². The lowest BCUT2D eigenvalue weighted by Gasteiger charge is -2.42. The first-order valence-electron chi connectivity index (χ1n) is 9.48. The van der Waals surface area contributed by atoms with Gasteiger partial charge in [0.25, 0.3) is 0 Å². The molecule has 2 aliphatic heterocycles. The van der Waals surface area contributed by atoms with E-state index in [9.17, 15) is 9.59 Å². The van der Waals surface area contributed by atoms with E-state index in [1.165, 1.54) is 5.56 Å². The SMILES string of the molecule is CCc1cccc(OC2CN(C(=O)[C@@H]3CCCN(C(=O)N(C)C)C3)C2)c1. The van der Waals surface area contributed by atoms with Gasteiger partial charge in [0.05, 0.1) is 19.0 Å².